The highest BCUT2D eigenvalue weighted by Crippen LogP contribution is 2.31. The first-order valence-electron chi connectivity index (χ1n) is 8.71. The number of rotatable bonds is 4. The number of carbonyl (C=O) groups is 2. The fourth-order valence-corrected chi connectivity index (χ4v) is 3.88. The quantitative estimate of drug-likeness (QED) is 0.834. The van der Waals surface area contributed by atoms with Gasteiger partial charge in [0.25, 0.3) is 5.91 Å². The van der Waals surface area contributed by atoms with Crippen LogP contribution in [0.3, 0.4) is 0 Å². The number of nitrogens with zero attached hydrogens (tertiary/aromatic N) is 4. The van der Waals surface area contributed by atoms with E-state index in [9.17, 15) is 9.59 Å². The van der Waals surface area contributed by atoms with Crippen LogP contribution < -0.4 is 5.32 Å². The Hall–Kier alpha value is -2.43. The molecule has 10 heteroatoms. The van der Waals surface area contributed by atoms with Gasteiger partial charge in [-0.05, 0) is 0 Å². The first-order chi connectivity index (χ1) is 13.1. The number of thiazole rings is 1. The molecule has 2 aliphatic heterocycles. The zero-order chi connectivity index (χ0) is 18.7. The van der Waals surface area contributed by atoms with Crippen LogP contribution in [0.2, 0.25) is 0 Å². The fourth-order valence-electron chi connectivity index (χ4n) is 3.17. The molecule has 9 nitrogen and oxygen atoms in total. The van der Waals surface area contributed by atoms with E-state index in [0.717, 1.165) is 0 Å². The minimum Gasteiger partial charge on any atom is -0.347 e. The van der Waals surface area contributed by atoms with Crippen LogP contribution in [0.4, 0.5) is 5.13 Å². The number of anilines is 1. The molecule has 2 aromatic heterocycles. The number of ether oxygens (including phenoxy) is 2. The number of nitrogens with one attached hydrogen (secondary N) is 1. The van der Waals surface area contributed by atoms with Gasteiger partial charge in [-0.2, -0.15) is 0 Å². The molecule has 0 aromatic carbocycles. The van der Waals surface area contributed by atoms with Gasteiger partial charge in [0.1, 0.15) is 5.69 Å². The van der Waals surface area contributed by atoms with E-state index >= 15 is 0 Å². The number of piperidine rings is 1. The molecule has 0 radical (unpaired) electrons. The second-order valence-electron chi connectivity index (χ2n) is 6.35. The van der Waals surface area contributed by atoms with Gasteiger partial charge in [-0.3, -0.25) is 19.9 Å². The average Bonchev–Trinajstić information content (AvgIpc) is 3.33. The fraction of sp³-hybridized carbons (Fsp3) is 0.471. The minimum atomic E-state index is -0.491. The molecule has 0 bridgehead atoms. The van der Waals surface area contributed by atoms with Crippen LogP contribution in [0.15, 0.2) is 24.0 Å². The second kappa shape index (κ2) is 7.67. The van der Waals surface area contributed by atoms with Crippen molar-refractivity contribution in [2.45, 2.75) is 25.0 Å². The summed E-state index contributed by atoms with van der Waals surface area (Å²) in [5.74, 6) is -0.858. The van der Waals surface area contributed by atoms with Crippen LogP contribution in [0.1, 0.15) is 29.0 Å². The first kappa shape index (κ1) is 18.0. The summed E-state index contributed by atoms with van der Waals surface area (Å²) in [7, 11) is 0. The summed E-state index contributed by atoms with van der Waals surface area (Å²) in [5, 5.41) is 4.88. The molecule has 0 saturated carbocycles. The molecule has 0 aliphatic carbocycles. The monoisotopic (exact) mass is 389 g/mol. The number of likely N-dealkylation sites (tertiary alicyclic amines) is 1. The van der Waals surface area contributed by atoms with Gasteiger partial charge < -0.3 is 14.4 Å². The van der Waals surface area contributed by atoms with E-state index in [2.05, 4.69) is 20.3 Å². The van der Waals surface area contributed by atoms with E-state index in [-0.39, 0.29) is 23.9 Å². The number of hydrogen-bond acceptors (Lipinski definition) is 8. The SMILES string of the molecule is O=C(Nc1nc(CC(=O)N2CCC3(CC2)OCCO3)cs1)c1cnccn1. The van der Waals surface area contributed by atoms with Crippen LogP contribution >= 0.6 is 11.3 Å². The predicted molar refractivity (Wildman–Crippen MR) is 96.3 cm³/mol. The van der Waals surface area contributed by atoms with E-state index in [4.69, 9.17) is 9.47 Å². The maximum atomic E-state index is 12.5. The molecule has 27 heavy (non-hydrogen) atoms. The number of amides is 2. The lowest BCUT2D eigenvalue weighted by Gasteiger charge is -2.37. The molecule has 1 N–H and O–H groups in total. The zero-order valence-corrected chi connectivity index (χ0v) is 15.4. The smallest absolute Gasteiger partial charge is 0.277 e. The van der Waals surface area contributed by atoms with Crippen molar-refractivity contribution < 1.29 is 19.1 Å². The molecule has 0 unspecified atom stereocenters. The van der Waals surface area contributed by atoms with Gasteiger partial charge in [-0.15, -0.1) is 11.3 Å². The average molecular weight is 389 g/mol. The van der Waals surface area contributed by atoms with Gasteiger partial charge in [0, 0.05) is 43.7 Å². The van der Waals surface area contributed by atoms with Gasteiger partial charge >= 0.3 is 0 Å². The Bertz CT molecular complexity index is 812. The maximum Gasteiger partial charge on any atom is 0.277 e. The molecule has 1 spiro atoms. The highest BCUT2D eigenvalue weighted by Gasteiger charge is 2.40. The molecule has 2 amide bonds. The van der Waals surface area contributed by atoms with Crippen molar-refractivity contribution in [3.63, 3.8) is 0 Å². The third-order valence-corrected chi connectivity index (χ3v) is 5.40. The minimum absolute atomic E-state index is 0.0138. The largest absolute Gasteiger partial charge is 0.347 e. The Balaban J connectivity index is 1.30. The summed E-state index contributed by atoms with van der Waals surface area (Å²) < 4.78 is 11.4. The molecule has 2 aromatic rings. The van der Waals surface area contributed by atoms with Crippen LogP contribution in [0.5, 0.6) is 0 Å². The van der Waals surface area contributed by atoms with Crippen molar-refractivity contribution >= 4 is 28.3 Å². The Morgan fingerprint density at radius 2 is 2.00 bits per heavy atom. The molecule has 4 heterocycles. The predicted octanol–water partition coefficient (Wildman–Crippen LogP) is 1.09. The highest BCUT2D eigenvalue weighted by molar-refractivity contribution is 7.14. The highest BCUT2D eigenvalue weighted by atomic mass is 32.1. The Labute approximate surface area is 159 Å². The van der Waals surface area contributed by atoms with Crippen LogP contribution in [0, 0.1) is 0 Å². The normalized spacial score (nSPS) is 18.6. The summed E-state index contributed by atoms with van der Waals surface area (Å²) >= 11 is 1.27. The van der Waals surface area contributed by atoms with E-state index in [1.807, 2.05) is 4.90 Å². The van der Waals surface area contributed by atoms with Crippen molar-refractivity contribution in [2.24, 2.45) is 0 Å². The maximum absolute atomic E-state index is 12.5. The lowest BCUT2D eigenvalue weighted by Crippen LogP contribution is -2.47. The molecule has 2 saturated heterocycles. The number of aromatic nitrogens is 3. The Morgan fingerprint density at radius 1 is 1.22 bits per heavy atom. The van der Waals surface area contributed by atoms with Gasteiger partial charge in [-0.25, -0.2) is 9.97 Å². The van der Waals surface area contributed by atoms with Gasteiger partial charge in [0.15, 0.2) is 10.9 Å². The van der Waals surface area contributed by atoms with E-state index in [1.54, 1.807) is 5.38 Å². The van der Waals surface area contributed by atoms with E-state index in [0.29, 0.717) is 50.0 Å². The zero-order valence-electron chi connectivity index (χ0n) is 14.6. The summed E-state index contributed by atoms with van der Waals surface area (Å²) in [5.41, 5.74) is 0.844. The third-order valence-electron chi connectivity index (χ3n) is 4.59. The van der Waals surface area contributed by atoms with E-state index < -0.39 is 5.79 Å². The summed E-state index contributed by atoms with van der Waals surface area (Å²) in [6, 6.07) is 0. The third kappa shape index (κ3) is 4.12. The van der Waals surface area contributed by atoms with Crippen molar-refractivity contribution in [3.8, 4) is 0 Å². The van der Waals surface area contributed by atoms with Gasteiger partial charge in [0.2, 0.25) is 5.91 Å². The number of carbonyl (C=O) groups excluding carboxylic acids is 2. The second-order valence-corrected chi connectivity index (χ2v) is 7.21. The van der Waals surface area contributed by atoms with Crippen LogP contribution in [-0.2, 0) is 20.7 Å². The molecule has 4 rings (SSSR count). The van der Waals surface area contributed by atoms with Crippen LogP contribution in [0.25, 0.3) is 0 Å². The molecular formula is C17H19N5O4S. The van der Waals surface area contributed by atoms with Crippen molar-refractivity contribution in [3.05, 3.63) is 35.4 Å². The first-order valence-corrected chi connectivity index (χ1v) is 9.59. The van der Waals surface area contributed by atoms with Crippen LogP contribution in [-0.4, -0.2) is 63.8 Å². The molecule has 142 valence electrons. The molecule has 2 aliphatic rings. The summed E-state index contributed by atoms with van der Waals surface area (Å²) in [6.07, 6.45) is 5.91. The van der Waals surface area contributed by atoms with Crippen molar-refractivity contribution in [1.29, 1.82) is 0 Å². The van der Waals surface area contributed by atoms with E-state index in [1.165, 1.54) is 29.9 Å². The lowest BCUT2D eigenvalue weighted by molar-refractivity contribution is -0.187. The van der Waals surface area contributed by atoms with Gasteiger partial charge in [0.05, 0.1) is 31.5 Å². The van der Waals surface area contributed by atoms with Gasteiger partial charge in [-0.1, -0.05) is 0 Å². The Kier molecular flexibility index (Phi) is 5.10. The standard InChI is InChI=1S/C17H19N5O4S/c23-14(22-5-1-17(2-6-22)25-7-8-26-17)9-12-11-27-16(20-12)21-15(24)13-10-18-3-4-19-13/h3-4,10-11H,1-2,5-9H2,(H,20,21,24). The van der Waals surface area contributed by atoms with Crippen molar-refractivity contribution in [1.82, 2.24) is 19.9 Å². The lowest BCUT2D eigenvalue weighted by atomic mass is 10.0. The number of hydrogen-bond donors (Lipinski definition) is 1. The molecule has 2 fully saturated rings. The summed E-state index contributed by atoms with van der Waals surface area (Å²) in [6.45, 7) is 2.46. The Morgan fingerprint density at radius 3 is 2.70 bits per heavy atom. The van der Waals surface area contributed by atoms with Crippen molar-refractivity contribution in [2.75, 3.05) is 31.6 Å². The topological polar surface area (TPSA) is 107 Å². The summed E-state index contributed by atoms with van der Waals surface area (Å²) in [4.78, 5) is 38.5. The molecular weight excluding hydrogens is 370 g/mol. The molecule has 0 atom stereocenters.